The summed E-state index contributed by atoms with van der Waals surface area (Å²) < 4.78 is 1.40. The molecule has 0 spiro atoms. The third kappa shape index (κ3) is 4.36. The lowest BCUT2D eigenvalue weighted by molar-refractivity contribution is 0.149. The number of nitrogens with zero attached hydrogens (tertiary/aromatic N) is 2. The van der Waals surface area contributed by atoms with Crippen molar-refractivity contribution < 1.29 is 0 Å². The second-order valence-electron chi connectivity index (χ2n) is 6.35. The van der Waals surface area contributed by atoms with Crippen LogP contribution in [-0.4, -0.2) is 43.0 Å². The van der Waals surface area contributed by atoms with E-state index >= 15 is 0 Å². The highest BCUT2D eigenvalue weighted by molar-refractivity contribution is 7.22. The number of likely N-dealkylation sites (N-methyl/N-ethyl adjacent to an activating group) is 1. The fourth-order valence-corrected chi connectivity index (χ4v) is 4.53. The van der Waals surface area contributed by atoms with Crippen LogP contribution in [0.1, 0.15) is 5.56 Å². The van der Waals surface area contributed by atoms with Gasteiger partial charge in [-0.15, -0.1) is 36.2 Å². The van der Waals surface area contributed by atoms with Crippen LogP contribution >= 0.6 is 36.2 Å². The fraction of sp³-hybridized carbons (Fsp3) is 0.300. The number of halogens is 2. The van der Waals surface area contributed by atoms with Gasteiger partial charge in [0.2, 0.25) is 0 Å². The fourth-order valence-electron chi connectivity index (χ4n) is 3.31. The highest BCUT2D eigenvalue weighted by Crippen LogP contribution is 2.39. The lowest BCUT2D eigenvalue weighted by Gasteiger charge is -2.32. The lowest BCUT2D eigenvalue weighted by Crippen LogP contribution is -2.43. The van der Waals surface area contributed by atoms with Gasteiger partial charge in [-0.1, -0.05) is 48.5 Å². The minimum atomic E-state index is 0. The molecule has 0 N–H and O–H groups in total. The van der Waals surface area contributed by atoms with Crippen molar-refractivity contribution in [2.45, 2.75) is 6.54 Å². The van der Waals surface area contributed by atoms with E-state index in [1.54, 1.807) is 0 Å². The molecule has 2 aromatic carbocycles. The van der Waals surface area contributed by atoms with E-state index in [1.165, 1.54) is 39.2 Å². The largest absolute Gasteiger partial charge is 0.304 e. The Morgan fingerprint density at radius 3 is 2.20 bits per heavy atom. The van der Waals surface area contributed by atoms with Crippen molar-refractivity contribution in [3.05, 3.63) is 60.2 Å². The molecule has 1 aliphatic heterocycles. The van der Waals surface area contributed by atoms with Crippen molar-refractivity contribution in [1.29, 1.82) is 0 Å². The second-order valence-corrected chi connectivity index (χ2v) is 7.40. The summed E-state index contributed by atoms with van der Waals surface area (Å²) >= 11 is 1.93. The molecule has 1 saturated heterocycles. The molecule has 1 aliphatic rings. The van der Waals surface area contributed by atoms with Crippen molar-refractivity contribution in [1.82, 2.24) is 9.80 Å². The molecular formula is C20H24Cl2N2S. The van der Waals surface area contributed by atoms with Crippen LogP contribution in [0, 0.1) is 0 Å². The highest BCUT2D eigenvalue weighted by atomic mass is 35.5. The summed E-state index contributed by atoms with van der Waals surface area (Å²) in [5.74, 6) is 0. The first-order valence-corrected chi connectivity index (χ1v) is 9.09. The van der Waals surface area contributed by atoms with Crippen molar-refractivity contribution in [3.63, 3.8) is 0 Å². The maximum absolute atomic E-state index is 2.60. The molecule has 1 fully saturated rings. The number of rotatable bonds is 3. The summed E-state index contributed by atoms with van der Waals surface area (Å²) in [5, 5.41) is 1.43. The number of benzene rings is 2. The van der Waals surface area contributed by atoms with Gasteiger partial charge in [-0.3, -0.25) is 4.90 Å². The third-order valence-corrected chi connectivity index (χ3v) is 5.97. The van der Waals surface area contributed by atoms with Crippen molar-refractivity contribution in [3.8, 4) is 10.4 Å². The number of thiophene rings is 1. The topological polar surface area (TPSA) is 6.48 Å². The normalized spacial score (nSPS) is 15.6. The molecule has 0 bridgehead atoms. The van der Waals surface area contributed by atoms with Gasteiger partial charge in [-0.05, 0) is 29.6 Å². The summed E-state index contributed by atoms with van der Waals surface area (Å²) in [5.41, 5.74) is 2.85. The summed E-state index contributed by atoms with van der Waals surface area (Å²) in [6, 6.07) is 19.7. The van der Waals surface area contributed by atoms with E-state index in [1.807, 2.05) is 11.3 Å². The molecule has 3 aromatic rings. The van der Waals surface area contributed by atoms with Gasteiger partial charge in [0.25, 0.3) is 0 Å². The number of fused-ring (bicyclic) bond motifs is 1. The average molecular weight is 395 g/mol. The standard InChI is InChI=1S/C20H22N2S.2ClH/c1-21-11-13-22(14-12-21)15-18-17-9-5-6-10-19(17)23-20(18)16-7-3-2-4-8-16;;/h2-10H,11-15H2,1H3;2*1H. The van der Waals surface area contributed by atoms with Crippen LogP contribution in [0.5, 0.6) is 0 Å². The maximum Gasteiger partial charge on any atom is 0.0400 e. The van der Waals surface area contributed by atoms with Crippen molar-refractivity contribution >= 4 is 46.2 Å². The van der Waals surface area contributed by atoms with Gasteiger partial charge in [0.15, 0.2) is 0 Å². The first-order chi connectivity index (χ1) is 11.3. The van der Waals surface area contributed by atoms with E-state index in [9.17, 15) is 0 Å². The van der Waals surface area contributed by atoms with Crippen LogP contribution in [-0.2, 0) is 6.54 Å². The number of hydrogen-bond donors (Lipinski definition) is 0. The molecule has 0 aliphatic carbocycles. The SMILES string of the molecule is CN1CCN(Cc2c(-c3ccccc3)sc3ccccc23)CC1.Cl.Cl. The predicted octanol–water partition coefficient (Wildman–Crippen LogP) is 5.16. The van der Waals surface area contributed by atoms with E-state index in [2.05, 4.69) is 71.4 Å². The van der Waals surface area contributed by atoms with Gasteiger partial charge in [0.1, 0.15) is 0 Å². The van der Waals surface area contributed by atoms with Gasteiger partial charge < -0.3 is 4.90 Å². The molecule has 0 amide bonds. The summed E-state index contributed by atoms with van der Waals surface area (Å²) in [6.45, 7) is 5.72. The molecule has 0 atom stereocenters. The summed E-state index contributed by atoms with van der Waals surface area (Å²) in [7, 11) is 2.22. The Bertz CT molecular complexity index is 796. The minimum Gasteiger partial charge on any atom is -0.304 e. The van der Waals surface area contributed by atoms with Crippen LogP contribution in [0.3, 0.4) is 0 Å². The van der Waals surface area contributed by atoms with E-state index < -0.39 is 0 Å². The quantitative estimate of drug-likeness (QED) is 0.605. The smallest absolute Gasteiger partial charge is 0.0400 e. The predicted molar refractivity (Wildman–Crippen MR) is 115 cm³/mol. The van der Waals surface area contributed by atoms with E-state index in [4.69, 9.17) is 0 Å². The molecule has 0 radical (unpaired) electrons. The van der Waals surface area contributed by atoms with Gasteiger partial charge in [0.05, 0.1) is 0 Å². The van der Waals surface area contributed by atoms with Crippen LogP contribution in [0.15, 0.2) is 54.6 Å². The molecule has 25 heavy (non-hydrogen) atoms. The maximum atomic E-state index is 2.60. The lowest BCUT2D eigenvalue weighted by atomic mass is 10.0. The molecule has 2 heterocycles. The Balaban J connectivity index is 0.00000113. The van der Waals surface area contributed by atoms with Crippen LogP contribution in [0.2, 0.25) is 0 Å². The van der Waals surface area contributed by atoms with Gasteiger partial charge in [-0.25, -0.2) is 0 Å². The summed E-state index contributed by atoms with van der Waals surface area (Å²) in [4.78, 5) is 6.45. The van der Waals surface area contributed by atoms with Gasteiger partial charge >= 0.3 is 0 Å². The molecule has 134 valence electrons. The monoisotopic (exact) mass is 394 g/mol. The first kappa shape index (κ1) is 20.2. The Kier molecular flexibility index (Phi) is 7.29. The van der Waals surface area contributed by atoms with Crippen molar-refractivity contribution in [2.24, 2.45) is 0 Å². The number of hydrogen-bond acceptors (Lipinski definition) is 3. The Morgan fingerprint density at radius 2 is 1.48 bits per heavy atom. The molecule has 5 heteroatoms. The average Bonchev–Trinajstić information content (AvgIpc) is 2.96. The van der Waals surface area contributed by atoms with Crippen LogP contribution in [0.4, 0.5) is 0 Å². The first-order valence-electron chi connectivity index (χ1n) is 8.28. The Morgan fingerprint density at radius 1 is 0.840 bits per heavy atom. The van der Waals surface area contributed by atoms with Gasteiger partial charge in [0, 0.05) is 42.3 Å². The van der Waals surface area contributed by atoms with Crippen molar-refractivity contribution in [2.75, 3.05) is 33.2 Å². The van der Waals surface area contributed by atoms with E-state index in [0.717, 1.165) is 19.6 Å². The molecule has 1 aromatic heterocycles. The van der Waals surface area contributed by atoms with Gasteiger partial charge in [-0.2, -0.15) is 0 Å². The minimum absolute atomic E-state index is 0. The summed E-state index contributed by atoms with van der Waals surface area (Å²) in [6.07, 6.45) is 0. The van der Waals surface area contributed by atoms with E-state index in [-0.39, 0.29) is 24.8 Å². The third-order valence-electron chi connectivity index (χ3n) is 4.71. The second kappa shape index (κ2) is 9.02. The zero-order valence-electron chi connectivity index (χ0n) is 14.4. The highest BCUT2D eigenvalue weighted by Gasteiger charge is 2.19. The number of piperazine rings is 1. The molecule has 2 nitrogen and oxygen atoms in total. The zero-order valence-corrected chi connectivity index (χ0v) is 16.8. The van der Waals surface area contributed by atoms with E-state index in [0.29, 0.717) is 0 Å². The molecular weight excluding hydrogens is 371 g/mol. The van der Waals surface area contributed by atoms with Crippen LogP contribution in [0.25, 0.3) is 20.5 Å². The van der Waals surface area contributed by atoms with Crippen LogP contribution < -0.4 is 0 Å². The zero-order chi connectivity index (χ0) is 15.6. The molecule has 0 saturated carbocycles. The molecule has 4 rings (SSSR count). The Labute approximate surface area is 166 Å². The molecule has 0 unspecified atom stereocenters. The Hall–Kier alpha value is -1.10.